The Bertz CT molecular complexity index is 1090. The van der Waals surface area contributed by atoms with Gasteiger partial charge in [-0.25, -0.2) is 4.39 Å². The number of hydrogen-bond acceptors (Lipinski definition) is 5. The molecule has 0 spiro atoms. The zero-order valence-electron chi connectivity index (χ0n) is 15.5. The Morgan fingerprint density at radius 2 is 2.00 bits per heavy atom. The number of anilines is 1. The predicted molar refractivity (Wildman–Crippen MR) is 111 cm³/mol. The van der Waals surface area contributed by atoms with Crippen LogP contribution in [0.15, 0.2) is 49.2 Å². The van der Waals surface area contributed by atoms with Crippen molar-refractivity contribution in [3.05, 3.63) is 60.0 Å². The second-order valence-corrected chi connectivity index (χ2v) is 7.14. The monoisotopic (exact) mass is 412 g/mol. The van der Waals surface area contributed by atoms with E-state index in [1.54, 1.807) is 23.2 Å². The molecule has 2 aromatic carbocycles. The quantitative estimate of drug-likeness (QED) is 0.665. The Kier molecular flexibility index (Phi) is 5.07. The number of carbonyl (C=O) groups excluding carboxylic acids is 1. The lowest BCUT2D eigenvalue weighted by Gasteiger charge is -2.35. The molecular formula is C21H18ClFN4O2. The first kappa shape index (κ1) is 19.1. The van der Waals surface area contributed by atoms with E-state index in [1.807, 2.05) is 0 Å². The number of nitrogens with zero attached hydrogens (tertiary/aromatic N) is 4. The number of halogens is 2. The number of benzene rings is 2. The molecule has 2 heterocycles. The molecule has 1 N–H and O–H groups in total. The van der Waals surface area contributed by atoms with E-state index in [0.29, 0.717) is 42.3 Å². The SMILES string of the molecule is C=CC(=O)N1CCN(c2cnnc3cc(-c4c(O)cccc4F)c(Cl)cc23)CC1. The molecule has 148 valence electrons. The summed E-state index contributed by atoms with van der Waals surface area (Å²) in [5.41, 5.74) is 1.76. The van der Waals surface area contributed by atoms with Gasteiger partial charge in [0.05, 0.1) is 23.0 Å². The summed E-state index contributed by atoms with van der Waals surface area (Å²) >= 11 is 6.47. The van der Waals surface area contributed by atoms with E-state index in [2.05, 4.69) is 21.7 Å². The summed E-state index contributed by atoms with van der Waals surface area (Å²) in [6.07, 6.45) is 2.97. The van der Waals surface area contributed by atoms with Crippen LogP contribution in [-0.4, -0.2) is 52.3 Å². The van der Waals surface area contributed by atoms with E-state index in [0.717, 1.165) is 11.1 Å². The summed E-state index contributed by atoms with van der Waals surface area (Å²) in [6, 6.07) is 7.44. The van der Waals surface area contributed by atoms with E-state index in [9.17, 15) is 14.3 Å². The summed E-state index contributed by atoms with van der Waals surface area (Å²) in [5.74, 6) is -0.850. The average Bonchev–Trinajstić information content (AvgIpc) is 2.73. The molecule has 29 heavy (non-hydrogen) atoms. The number of aromatic nitrogens is 2. The maximum absolute atomic E-state index is 14.3. The van der Waals surface area contributed by atoms with Gasteiger partial charge in [-0.3, -0.25) is 4.79 Å². The van der Waals surface area contributed by atoms with Crippen LogP contribution in [0.3, 0.4) is 0 Å². The number of piperazine rings is 1. The number of rotatable bonds is 3. The van der Waals surface area contributed by atoms with E-state index in [4.69, 9.17) is 11.6 Å². The molecule has 1 aliphatic heterocycles. The van der Waals surface area contributed by atoms with Gasteiger partial charge in [-0.05, 0) is 30.3 Å². The zero-order chi connectivity index (χ0) is 20.5. The summed E-state index contributed by atoms with van der Waals surface area (Å²) < 4.78 is 14.3. The van der Waals surface area contributed by atoms with Gasteiger partial charge in [-0.2, -0.15) is 10.2 Å². The molecule has 0 aliphatic carbocycles. The topological polar surface area (TPSA) is 69.6 Å². The van der Waals surface area contributed by atoms with Crippen molar-refractivity contribution in [2.45, 2.75) is 0 Å². The molecule has 8 heteroatoms. The number of fused-ring (bicyclic) bond motifs is 1. The largest absolute Gasteiger partial charge is 0.507 e. The van der Waals surface area contributed by atoms with Gasteiger partial charge >= 0.3 is 0 Å². The summed E-state index contributed by atoms with van der Waals surface area (Å²) in [7, 11) is 0. The third-order valence-electron chi connectivity index (χ3n) is 5.07. The molecule has 3 aromatic rings. The highest BCUT2D eigenvalue weighted by atomic mass is 35.5. The average molecular weight is 413 g/mol. The minimum absolute atomic E-state index is 0.0307. The molecule has 0 radical (unpaired) electrons. The molecular weight excluding hydrogens is 395 g/mol. The Hall–Kier alpha value is -3.19. The van der Waals surface area contributed by atoms with Gasteiger partial charge in [0, 0.05) is 42.2 Å². The second kappa shape index (κ2) is 7.67. The smallest absolute Gasteiger partial charge is 0.246 e. The fraction of sp³-hybridized carbons (Fsp3) is 0.190. The predicted octanol–water partition coefficient (Wildman–Crippen LogP) is 3.63. The summed E-state index contributed by atoms with van der Waals surface area (Å²) in [6.45, 7) is 5.94. The molecule has 0 bridgehead atoms. The first-order valence-corrected chi connectivity index (χ1v) is 9.46. The van der Waals surface area contributed by atoms with Crippen LogP contribution in [0.2, 0.25) is 5.02 Å². The van der Waals surface area contributed by atoms with Crippen molar-refractivity contribution in [3.63, 3.8) is 0 Å². The van der Waals surface area contributed by atoms with E-state index in [1.165, 1.54) is 24.3 Å². The minimum atomic E-state index is -0.571. The molecule has 1 saturated heterocycles. The Morgan fingerprint density at radius 3 is 2.69 bits per heavy atom. The van der Waals surface area contributed by atoms with E-state index < -0.39 is 5.82 Å². The van der Waals surface area contributed by atoms with Crippen LogP contribution in [0.5, 0.6) is 5.75 Å². The third-order valence-corrected chi connectivity index (χ3v) is 5.39. The standard InChI is InChI=1S/C21H18ClFN4O2/c1-2-20(29)27-8-6-26(7-9-27)18-12-24-25-17-11-13(15(22)10-14(17)18)21-16(23)4-3-5-19(21)28/h2-5,10-12,28H,1,6-9H2. The lowest BCUT2D eigenvalue weighted by atomic mass is 10.0. The van der Waals surface area contributed by atoms with Gasteiger partial charge in [0.2, 0.25) is 5.91 Å². The molecule has 0 unspecified atom stereocenters. The molecule has 1 aliphatic rings. The molecule has 1 aromatic heterocycles. The summed E-state index contributed by atoms with van der Waals surface area (Å²) in [4.78, 5) is 15.6. The maximum atomic E-state index is 14.3. The van der Waals surface area contributed by atoms with Gasteiger partial charge in [0.1, 0.15) is 11.6 Å². The fourth-order valence-corrected chi connectivity index (χ4v) is 3.84. The fourth-order valence-electron chi connectivity index (χ4n) is 3.58. The number of hydrogen-bond donors (Lipinski definition) is 1. The molecule has 1 fully saturated rings. The number of phenols is 1. The van der Waals surface area contributed by atoms with Crippen molar-refractivity contribution < 1.29 is 14.3 Å². The Balaban J connectivity index is 1.73. The second-order valence-electron chi connectivity index (χ2n) is 6.73. The van der Waals surface area contributed by atoms with Crippen LogP contribution >= 0.6 is 11.6 Å². The van der Waals surface area contributed by atoms with Crippen LogP contribution in [0.4, 0.5) is 10.1 Å². The van der Waals surface area contributed by atoms with E-state index >= 15 is 0 Å². The van der Waals surface area contributed by atoms with Gasteiger partial charge in [0.25, 0.3) is 0 Å². The van der Waals surface area contributed by atoms with Crippen molar-refractivity contribution in [2.24, 2.45) is 0 Å². The van der Waals surface area contributed by atoms with Crippen LogP contribution < -0.4 is 4.90 Å². The first-order chi connectivity index (χ1) is 14.0. The Labute approximate surface area is 171 Å². The van der Waals surface area contributed by atoms with Gasteiger partial charge in [-0.15, -0.1) is 0 Å². The Morgan fingerprint density at radius 1 is 1.24 bits per heavy atom. The van der Waals surface area contributed by atoms with Crippen molar-refractivity contribution in [2.75, 3.05) is 31.1 Å². The normalized spacial score (nSPS) is 14.3. The van der Waals surface area contributed by atoms with Crippen LogP contribution in [0, 0.1) is 5.82 Å². The van der Waals surface area contributed by atoms with Crippen molar-refractivity contribution in [1.29, 1.82) is 0 Å². The van der Waals surface area contributed by atoms with Crippen molar-refractivity contribution in [3.8, 4) is 16.9 Å². The zero-order valence-corrected chi connectivity index (χ0v) is 16.2. The van der Waals surface area contributed by atoms with Gasteiger partial charge in [0.15, 0.2) is 0 Å². The highest BCUT2D eigenvalue weighted by Crippen LogP contribution is 2.39. The van der Waals surface area contributed by atoms with Crippen LogP contribution in [-0.2, 0) is 4.79 Å². The number of phenolic OH excluding ortho intramolecular Hbond substituents is 1. The highest BCUT2D eigenvalue weighted by molar-refractivity contribution is 6.34. The van der Waals surface area contributed by atoms with Gasteiger partial charge < -0.3 is 14.9 Å². The van der Waals surface area contributed by atoms with Crippen molar-refractivity contribution >= 4 is 34.1 Å². The third kappa shape index (κ3) is 3.49. The molecule has 4 rings (SSSR count). The lowest BCUT2D eigenvalue weighted by molar-refractivity contribution is -0.126. The lowest BCUT2D eigenvalue weighted by Crippen LogP contribution is -2.48. The molecule has 1 amide bonds. The van der Waals surface area contributed by atoms with Crippen LogP contribution in [0.1, 0.15) is 0 Å². The van der Waals surface area contributed by atoms with Crippen LogP contribution in [0.25, 0.3) is 22.0 Å². The number of amides is 1. The molecule has 6 nitrogen and oxygen atoms in total. The molecule has 0 saturated carbocycles. The number of aromatic hydroxyl groups is 1. The minimum Gasteiger partial charge on any atom is -0.507 e. The summed E-state index contributed by atoms with van der Waals surface area (Å²) in [5, 5.41) is 19.4. The van der Waals surface area contributed by atoms with E-state index in [-0.39, 0.29) is 17.2 Å². The van der Waals surface area contributed by atoms with Crippen molar-refractivity contribution in [1.82, 2.24) is 15.1 Å². The maximum Gasteiger partial charge on any atom is 0.246 e. The first-order valence-electron chi connectivity index (χ1n) is 9.08. The van der Waals surface area contributed by atoms with Gasteiger partial charge in [-0.1, -0.05) is 24.2 Å². The molecule has 0 atom stereocenters. The number of carbonyl (C=O) groups is 1. The highest BCUT2D eigenvalue weighted by Gasteiger charge is 2.22.